The van der Waals surface area contributed by atoms with Crippen LogP contribution in [0, 0.1) is 18.3 Å². The van der Waals surface area contributed by atoms with Gasteiger partial charge in [-0.1, -0.05) is 60.7 Å². The van der Waals surface area contributed by atoms with Crippen molar-refractivity contribution in [3.63, 3.8) is 0 Å². The van der Waals surface area contributed by atoms with Crippen molar-refractivity contribution in [1.29, 1.82) is 5.26 Å². The molecule has 1 heterocycles. The van der Waals surface area contributed by atoms with E-state index in [0.717, 1.165) is 43.4 Å². The van der Waals surface area contributed by atoms with E-state index >= 15 is 0 Å². The first-order valence-corrected chi connectivity index (χ1v) is 12.1. The highest BCUT2D eigenvalue weighted by atomic mass is 16.2. The topological polar surface area (TPSA) is 79.8 Å². The van der Waals surface area contributed by atoms with Gasteiger partial charge < -0.3 is 5.32 Å². The predicted octanol–water partition coefficient (Wildman–Crippen LogP) is 3.75. The van der Waals surface area contributed by atoms with Gasteiger partial charge in [0.15, 0.2) is 0 Å². The summed E-state index contributed by atoms with van der Waals surface area (Å²) in [6, 6.07) is 22.8. The molecular weight excluding hydrogens is 424 g/mol. The summed E-state index contributed by atoms with van der Waals surface area (Å²) in [5.74, 6) is 0. The van der Waals surface area contributed by atoms with E-state index in [1.807, 2.05) is 48.5 Å². The van der Waals surface area contributed by atoms with Crippen LogP contribution in [0.4, 0.5) is 0 Å². The predicted molar refractivity (Wildman–Crippen MR) is 134 cm³/mol. The number of aryl methyl sites for hydroxylation is 1. The van der Waals surface area contributed by atoms with Crippen LogP contribution in [0.3, 0.4) is 0 Å². The summed E-state index contributed by atoms with van der Waals surface area (Å²) in [5, 5.41) is 13.5. The molecule has 176 valence electrons. The molecule has 0 atom stereocenters. The van der Waals surface area contributed by atoms with Gasteiger partial charge in [0.1, 0.15) is 0 Å². The SMILES string of the molecule is Cc1cn(Cc2ccccc2)c(=O)n(CCCN[C@H]2CC[C@@](C#N)(c3ccccc3)CC2)c1=O. The van der Waals surface area contributed by atoms with Gasteiger partial charge in [0, 0.05) is 24.3 Å². The van der Waals surface area contributed by atoms with Gasteiger partial charge in [-0.25, -0.2) is 4.79 Å². The molecule has 4 rings (SSSR count). The van der Waals surface area contributed by atoms with Crippen molar-refractivity contribution in [1.82, 2.24) is 14.5 Å². The van der Waals surface area contributed by atoms with Gasteiger partial charge in [-0.2, -0.15) is 5.26 Å². The lowest BCUT2D eigenvalue weighted by Crippen LogP contribution is -2.42. The first kappa shape index (κ1) is 23.7. The van der Waals surface area contributed by atoms with Gasteiger partial charge in [0.2, 0.25) is 0 Å². The molecule has 0 saturated heterocycles. The van der Waals surface area contributed by atoms with Gasteiger partial charge in [-0.15, -0.1) is 0 Å². The van der Waals surface area contributed by atoms with E-state index in [9.17, 15) is 14.9 Å². The molecule has 0 bridgehead atoms. The third-order valence-corrected chi connectivity index (χ3v) is 6.98. The number of nitriles is 1. The smallest absolute Gasteiger partial charge is 0.314 e. The van der Waals surface area contributed by atoms with Crippen molar-refractivity contribution in [2.75, 3.05) is 6.54 Å². The number of hydrogen-bond donors (Lipinski definition) is 1. The zero-order valence-corrected chi connectivity index (χ0v) is 19.7. The summed E-state index contributed by atoms with van der Waals surface area (Å²) in [6.07, 6.45) is 5.91. The molecule has 1 fully saturated rings. The fourth-order valence-corrected chi connectivity index (χ4v) is 4.97. The molecule has 1 aliphatic rings. The fraction of sp³-hybridized carbons (Fsp3) is 0.393. The van der Waals surface area contributed by atoms with Crippen LogP contribution in [0.2, 0.25) is 0 Å². The van der Waals surface area contributed by atoms with E-state index in [4.69, 9.17) is 0 Å². The van der Waals surface area contributed by atoms with Crippen molar-refractivity contribution in [2.45, 2.75) is 63.6 Å². The number of nitrogens with one attached hydrogen (secondary N) is 1. The van der Waals surface area contributed by atoms with Crippen LogP contribution in [-0.4, -0.2) is 21.7 Å². The molecular formula is C28H32N4O2. The second kappa shape index (κ2) is 10.7. The van der Waals surface area contributed by atoms with Gasteiger partial charge in [0.05, 0.1) is 18.0 Å². The Morgan fingerprint density at radius 1 is 1.03 bits per heavy atom. The van der Waals surface area contributed by atoms with E-state index in [2.05, 4.69) is 23.5 Å². The third kappa shape index (κ3) is 5.21. The number of benzene rings is 2. The lowest BCUT2D eigenvalue weighted by Gasteiger charge is -2.35. The first-order chi connectivity index (χ1) is 16.5. The summed E-state index contributed by atoms with van der Waals surface area (Å²) in [6.45, 7) is 3.32. The minimum Gasteiger partial charge on any atom is -0.314 e. The molecule has 0 radical (unpaired) electrons. The molecule has 1 saturated carbocycles. The zero-order valence-electron chi connectivity index (χ0n) is 19.7. The van der Waals surface area contributed by atoms with Crippen molar-refractivity contribution in [3.05, 3.63) is 104 Å². The Balaban J connectivity index is 1.33. The summed E-state index contributed by atoms with van der Waals surface area (Å²) >= 11 is 0. The minimum absolute atomic E-state index is 0.214. The van der Waals surface area contributed by atoms with E-state index < -0.39 is 5.41 Å². The number of rotatable bonds is 8. The molecule has 1 aromatic heterocycles. The standard InChI is InChI=1S/C28H32N4O2/c1-22-19-31(20-23-9-4-2-5-10-23)27(34)32(26(22)33)18-8-17-30-25-13-15-28(21-29,16-14-25)24-11-6-3-7-12-24/h2-7,9-12,19,25,30H,8,13-18,20H2,1H3/t25-,28+. The van der Waals surface area contributed by atoms with Crippen molar-refractivity contribution in [2.24, 2.45) is 0 Å². The minimum atomic E-state index is -0.391. The molecule has 6 nitrogen and oxygen atoms in total. The summed E-state index contributed by atoms with van der Waals surface area (Å²) in [7, 11) is 0. The average molecular weight is 457 g/mol. The van der Waals surface area contributed by atoms with E-state index in [0.29, 0.717) is 31.1 Å². The maximum absolute atomic E-state index is 13.0. The molecule has 6 heteroatoms. The number of aromatic nitrogens is 2. The molecule has 0 aliphatic heterocycles. The van der Waals surface area contributed by atoms with Gasteiger partial charge >= 0.3 is 5.69 Å². The summed E-state index contributed by atoms with van der Waals surface area (Å²) < 4.78 is 2.97. The third-order valence-electron chi connectivity index (χ3n) is 6.98. The van der Waals surface area contributed by atoms with Gasteiger partial charge in [-0.05, 0) is 56.7 Å². The highest BCUT2D eigenvalue weighted by Crippen LogP contribution is 2.38. The molecule has 34 heavy (non-hydrogen) atoms. The maximum Gasteiger partial charge on any atom is 0.331 e. The fourth-order valence-electron chi connectivity index (χ4n) is 4.97. The average Bonchev–Trinajstić information content (AvgIpc) is 2.88. The Bertz CT molecular complexity index is 1250. The van der Waals surface area contributed by atoms with Crippen molar-refractivity contribution >= 4 is 0 Å². The van der Waals surface area contributed by atoms with Crippen LogP contribution in [-0.2, 0) is 18.5 Å². The highest BCUT2D eigenvalue weighted by Gasteiger charge is 2.36. The Kier molecular flexibility index (Phi) is 7.44. The summed E-state index contributed by atoms with van der Waals surface area (Å²) in [4.78, 5) is 25.6. The molecule has 2 aromatic carbocycles. The molecule has 0 spiro atoms. The lowest BCUT2D eigenvalue weighted by atomic mass is 9.69. The van der Waals surface area contributed by atoms with Crippen LogP contribution in [0.5, 0.6) is 0 Å². The Hall–Kier alpha value is -3.43. The second-order valence-corrected chi connectivity index (χ2v) is 9.31. The lowest BCUT2D eigenvalue weighted by molar-refractivity contribution is 0.294. The molecule has 1 aliphatic carbocycles. The number of hydrogen-bond acceptors (Lipinski definition) is 4. The van der Waals surface area contributed by atoms with E-state index in [1.54, 1.807) is 17.7 Å². The molecule has 0 unspecified atom stereocenters. The highest BCUT2D eigenvalue weighted by molar-refractivity contribution is 5.33. The quantitative estimate of drug-likeness (QED) is 0.524. The largest absolute Gasteiger partial charge is 0.331 e. The van der Waals surface area contributed by atoms with Crippen LogP contribution in [0.25, 0.3) is 0 Å². The number of nitrogens with zero attached hydrogens (tertiary/aromatic N) is 3. The van der Waals surface area contributed by atoms with Gasteiger partial charge in [-0.3, -0.25) is 13.9 Å². The monoisotopic (exact) mass is 456 g/mol. The maximum atomic E-state index is 13.0. The first-order valence-electron chi connectivity index (χ1n) is 12.1. The van der Waals surface area contributed by atoms with Crippen LogP contribution in [0.15, 0.2) is 76.4 Å². The molecule has 3 aromatic rings. The van der Waals surface area contributed by atoms with Crippen molar-refractivity contribution < 1.29 is 0 Å². The summed E-state index contributed by atoms with van der Waals surface area (Å²) in [5.41, 5.74) is 1.84. The van der Waals surface area contributed by atoms with E-state index in [-0.39, 0.29) is 11.2 Å². The zero-order chi connectivity index (χ0) is 24.0. The van der Waals surface area contributed by atoms with Crippen LogP contribution >= 0.6 is 0 Å². The van der Waals surface area contributed by atoms with Crippen LogP contribution in [0.1, 0.15) is 48.8 Å². The van der Waals surface area contributed by atoms with E-state index in [1.165, 1.54) is 4.57 Å². The van der Waals surface area contributed by atoms with Gasteiger partial charge in [0.25, 0.3) is 5.56 Å². The molecule has 0 amide bonds. The Morgan fingerprint density at radius 2 is 1.68 bits per heavy atom. The van der Waals surface area contributed by atoms with Crippen LogP contribution < -0.4 is 16.6 Å². The Labute approximate surface area is 200 Å². The normalized spacial score (nSPS) is 20.1. The Morgan fingerprint density at radius 3 is 2.32 bits per heavy atom. The second-order valence-electron chi connectivity index (χ2n) is 9.31. The van der Waals surface area contributed by atoms with Crippen molar-refractivity contribution in [3.8, 4) is 6.07 Å². The molecule has 1 N–H and O–H groups in total.